The summed E-state index contributed by atoms with van der Waals surface area (Å²) < 4.78 is 12.8. The van der Waals surface area contributed by atoms with E-state index in [1.807, 2.05) is 13.8 Å². The van der Waals surface area contributed by atoms with Crippen LogP contribution in [0.15, 0.2) is 24.3 Å². The first-order valence-corrected chi connectivity index (χ1v) is 7.22. The topological polar surface area (TPSA) is 49.4 Å². The summed E-state index contributed by atoms with van der Waals surface area (Å²) in [5, 5.41) is 2.78. The van der Waals surface area contributed by atoms with Crippen molar-refractivity contribution in [1.82, 2.24) is 10.2 Å². The molecule has 21 heavy (non-hydrogen) atoms. The van der Waals surface area contributed by atoms with Gasteiger partial charge in [-0.2, -0.15) is 0 Å². The molecule has 1 aromatic carbocycles. The van der Waals surface area contributed by atoms with E-state index >= 15 is 0 Å². The lowest BCUT2D eigenvalue weighted by Crippen LogP contribution is -2.44. The number of hydrogen-bond acceptors (Lipinski definition) is 2. The minimum absolute atomic E-state index is 0.0466. The molecule has 0 fully saturated rings. The molecule has 0 heterocycles. The second-order valence-corrected chi connectivity index (χ2v) is 5.13. The first-order valence-electron chi connectivity index (χ1n) is 7.22. The number of rotatable bonds is 7. The third-order valence-corrected chi connectivity index (χ3v) is 3.49. The molecule has 1 unspecified atom stereocenters. The van der Waals surface area contributed by atoms with Crippen LogP contribution < -0.4 is 5.32 Å². The van der Waals surface area contributed by atoms with Crippen molar-refractivity contribution in [2.75, 3.05) is 13.1 Å². The Hall–Kier alpha value is -1.91. The molecule has 2 amide bonds. The fourth-order valence-corrected chi connectivity index (χ4v) is 2.01. The van der Waals surface area contributed by atoms with Crippen molar-refractivity contribution in [3.05, 3.63) is 35.6 Å². The summed E-state index contributed by atoms with van der Waals surface area (Å²) in [7, 11) is 0. The lowest BCUT2D eigenvalue weighted by molar-refractivity contribution is -0.136. The molecule has 1 rings (SSSR count). The van der Waals surface area contributed by atoms with E-state index < -0.39 is 0 Å². The average Bonchev–Trinajstić information content (AvgIpc) is 2.45. The molecule has 0 saturated carbocycles. The molecule has 0 radical (unpaired) electrons. The summed E-state index contributed by atoms with van der Waals surface area (Å²) in [5.41, 5.74) is 0.960. The van der Waals surface area contributed by atoms with Crippen molar-refractivity contribution < 1.29 is 14.0 Å². The molecule has 5 heteroatoms. The Bertz CT molecular complexity index is 474. The van der Waals surface area contributed by atoms with Gasteiger partial charge in [0, 0.05) is 19.5 Å². The molecular weight excluding hydrogens is 271 g/mol. The van der Waals surface area contributed by atoms with Crippen molar-refractivity contribution in [2.45, 2.75) is 39.7 Å². The molecular formula is C16H23FN2O2. The largest absolute Gasteiger partial charge is 0.354 e. The van der Waals surface area contributed by atoms with Crippen molar-refractivity contribution >= 4 is 11.8 Å². The highest BCUT2D eigenvalue weighted by Gasteiger charge is 2.18. The van der Waals surface area contributed by atoms with E-state index in [9.17, 15) is 14.0 Å². The number of nitrogens with zero attached hydrogens (tertiary/aromatic N) is 1. The summed E-state index contributed by atoms with van der Waals surface area (Å²) in [6, 6.07) is 6.24. The van der Waals surface area contributed by atoms with E-state index in [4.69, 9.17) is 0 Å². The van der Waals surface area contributed by atoms with Crippen LogP contribution in [0.2, 0.25) is 0 Å². The van der Waals surface area contributed by atoms with Gasteiger partial charge in [-0.15, -0.1) is 0 Å². The summed E-state index contributed by atoms with van der Waals surface area (Å²) in [5.74, 6) is -0.543. The highest BCUT2D eigenvalue weighted by molar-refractivity contribution is 5.83. The molecule has 0 saturated heterocycles. The van der Waals surface area contributed by atoms with E-state index in [2.05, 4.69) is 5.32 Å². The van der Waals surface area contributed by atoms with Crippen LogP contribution in [0.5, 0.6) is 0 Å². The molecule has 1 N–H and O–H groups in total. The van der Waals surface area contributed by atoms with Gasteiger partial charge in [-0.1, -0.05) is 19.1 Å². The van der Waals surface area contributed by atoms with Gasteiger partial charge in [0.1, 0.15) is 5.82 Å². The van der Waals surface area contributed by atoms with Gasteiger partial charge in [-0.25, -0.2) is 4.39 Å². The maximum Gasteiger partial charge on any atom is 0.239 e. The van der Waals surface area contributed by atoms with Crippen LogP contribution in [0.25, 0.3) is 0 Å². The van der Waals surface area contributed by atoms with E-state index in [1.54, 1.807) is 17.0 Å². The first-order chi connectivity index (χ1) is 9.93. The molecule has 116 valence electrons. The summed E-state index contributed by atoms with van der Waals surface area (Å²) in [4.78, 5) is 24.9. The zero-order valence-electron chi connectivity index (χ0n) is 12.9. The third kappa shape index (κ3) is 5.94. The molecule has 0 aliphatic heterocycles. The van der Waals surface area contributed by atoms with Gasteiger partial charge in [-0.3, -0.25) is 9.59 Å². The quantitative estimate of drug-likeness (QED) is 0.837. The second kappa shape index (κ2) is 8.39. The maximum absolute atomic E-state index is 12.8. The second-order valence-electron chi connectivity index (χ2n) is 5.13. The molecule has 0 aromatic heterocycles. The molecule has 1 atom stereocenters. The highest BCUT2D eigenvalue weighted by atomic mass is 19.1. The van der Waals surface area contributed by atoms with Gasteiger partial charge in [0.25, 0.3) is 0 Å². The zero-order valence-corrected chi connectivity index (χ0v) is 12.9. The lowest BCUT2D eigenvalue weighted by Gasteiger charge is -2.26. The Morgan fingerprint density at radius 2 is 1.90 bits per heavy atom. The normalized spacial score (nSPS) is 11.8. The van der Waals surface area contributed by atoms with Crippen LogP contribution in [0.3, 0.4) is 0 Å². The minimum atomic E-state index is -0.270. The Morgan fingerprint density at radius 1 is 1.29 bits per heavy atom. The smallest absolute Gasteiger partial charge is 0.239 e. The van der Waals surface area contributed by atoms with Crippen LogP contribution in [0.4, 0.5) is 4.39 Å². The standard InChI is InChI=1S/C16H23FN2O2/c1-4-12(2)19(13(3)20)11-16(21)18-10-9-14-5-7-15(17)8-6-14/h5-8,12H,4,9-11H2,1-3H3,(H,18,21). The molecule has 0 aliphatic carbocycles. The number of halogens is 1. The predicted octanol–water partition coefficient (Wildman–Crippen LogP) is 2.13. The first kappa shape index (κ1) is 17.1. The van der Waals surface area contributed by atoms with Gasteiger partial charge in [0.15, 0.2) is 0 Å². The Labute approximate surface area is 125 Å². The molecule has 4 nitrogen and oxygen atoms in total. The summed E-state index contributed by atoms with van der Waals surface area (Å²) in [6.45, 7) is 5.92. The van der Waals surface area contributed by atoms with E-state index in [-0.39, 0.29) is 30.2 Å². The highest BCUT2D eigenvalue weighted by Crippen LogP contribution is 2.04. The molecule has 0 spiro atoms. The maximum atomic E-state index is 12.8. The van der Waals surface area contributed by atoms with Gasteiger partial charge < -0.3 is 10.2 Å². The van der Waals surface area contributed by atoms with Crippen LogP contribution in [-0.2, 0) is 16.0 Å². The Balaban J connectivity index is 2.39. The van der Waals surface area contributed by atoms with Crippen LogP contribution >= 0.6 is 0 Å². The van der Waals surface area contributed by atoms with Crippen LogP contribution in [0, 0.1) is 5.82 Å². The van der Waals surface area contributed by atoms with Gasteiger partial charge in [0.2, 0.25) is 11.8 Å². The molecule has 0 bridgehead atoms. The van der Waals surface area contributed by atoms with Crippen molar-refractivity contribution in [3.8, 4) is 0 Å². The number of amides is 2. The van der Waals surface area contributed by atoms with Crippen molar-refractivity contribution in [1.29, 1.82) is 0 Å². The summed E-state index contributed by atoms with van der Waals surface area (Å²) >= 11 is 0. The van der Waals surface area contributed by atoms with Crippen LogP contribution in [-0.4, -0.2) is 35.8 Å². The molecule has 1 aromatic rings. The monoisotopic (exact) mass is 294 g/mol. The number of carbonyl (C=O) groups is 2. The fourth-order valence-electron chi connectivity index (χ4n) is 2.01. The van der Waals surface area contributed by atoms with Gasteiger partial charge in [-0.05, 0) is 37.5 Å². The minimum Gasteiger partial charge on any atom is -0.354 e. The third-order valence-electron chi connectivity index (χ3n) is 3.49. The summed E-state index contributed by atoms with van der Waals surface area (Å²) in [6.07, 6.45) is 1.44. The van der Waals surface area contributed by atoms with Gasteiger partial charge in [0.05, 0.1) is 6.54 Å². The predicted molar refractivity (Wildman–Crippen MR) is 80.3 cm³/mol. The Morgan fingerprint density at radius 3 is 2.43 bits per heavy atom. The molecule has 0 aliphatic rings. The zero-order chi connectivity index (χ0) is 15.8. The Kier molecular flexibility index (Phi) is 6.85. The number of nitrogens with one attached hydrogen (secondary N) is 1. The van der Waals surface area contributed by atoms with E-state index in [0.717, 1.165) is 12.0 Å². The average molecular weight is 294 g/mol. The van der Waals surface area contributed by atoms with E-state index in [1.165, 1.54) is 19.1 Å². The van der Waals surface area contributed by atoms with Crippen molar-refractivity contribution in [2.24, 2.45) is 0 Å². The number of carbonyl (C=O) groups excluding carboxylic acids is 2. The van der Waals surface area contributed by atoms with Crippen LogP contribution in [0.1, 0.15) is 32.8 Å². The van der Waals surface area contributed by atoms with Gasteiger partial charge >= 0.3 is 0 Å². The number of benzene rings is 1. The number of hydrogen-bond donors (Lipinski definition) is 1. The SMILES string of the molecule is CCC(C)N(CC(=O)NCCc1ccc(F)cc1)C(C)=O. The fraction of sp³-hybridized carbons (Fsp3) is 0.500. The van der Waals surface area contributed by atoms with Crippen molar-refractivity contribution in [3.63, 3.8) is 0 Å². The lowest BCUT2D eigenvalue weighted by atomic mass is 10.1. The van der Waals surface area contributed by atoms with E-state index in [0.29, 0.717) is 13.0 Å².